The van der Waals surface area contributed by atoms with Crippen LogP contribution < -0.4 is 10.5 Å². The standard InChI is InChI=1S/C10H9FN2O3/c1-15-7-3-2-5(9(14)8(7)11)6-4-13-16-10(6)12/h2-4,14H,12H2,1H3. The number of anilines is 1. The molecule has 0 spiro atoms. The summed E-state index contributed by atoms with van der Waals surface area (Å²) in [7, 11) is 1.31. The van der Waals surface area contributed by atoms with E-state index in [4.69, 9.17) is 10.5 Å². The van der Waals surface area contributed by atoms with Gasteiger partial charge < -0.3 is 20.1 Å². The third-order valence-electron chi connectivity index (χ3n) is 2.19. The van der Waals surface area contributed by atoms with E-state index in [1.807, 2.05) is 0 Å². The lowest BCUT2D eigenvalue weighted by atomic mass is 10.1. The Kier molecular flexibility index (Phi) is 2.40. The average Bonchev–Trinajstić information content (AvgIpc) is 2.69. The molecule has 16 heavy (non-hydrogen) atoms. The Bertz CT molecular complexity index is 525. The van der Waals surface area contributed by atoms with Crippen LogP contribution in [0.5, 0.6) is 11.5 Å². The second-order valence-electron chi connectivity index (χ2n) is 3.08. The third-order valence-corrected chi connectivity index (χ3v) is 2.19. The van der Waals surface area contributed by atoms with Gasteiger partial charge in [-0.15, -0.1) is 0 Å². The zero-order valence-corrected chi connectivity index (χ0v) is 8.40. The topological polar surface area (TPSA) is 81.5 Å². The van der Waals surface area contributed by atoms with Crippen LogP contribution in [0.4, 0.5) is 10.3 Å². The Morgan fingerprint density at radius 3 is 2.75 bits per heavy atom. The number of hydrogen-bond acceptors (Lipinski definition) is 5. The second kappa shape index (κ2) is 3.73. The maximum Gasteiger partial charge on any atom is 0.230 e. The Hall–Kier alpha value is -2.24. The molecular weight excluding hydrogens is 215 g/mol. The van der Waals surface area contributed by atoms with E-state index < -0.39 is 11.6 Å². The number of hydrogen-bond donors (Lipinski definition) is 2. The van der Waals surface area contributed by atoms with Crippen LogP contribution in [0.25, 0.3) is 11.1 Å². The van der Waals surface area contributed by atoms with E-state index in [1.54, 1.807) is 0 Å². The van der Waals surface area contributed by atoms with E-state index >= 15 is 0 Å². The van der Waals surface area contributed by atoms with Crippen molar-refractivity contribution < 1.29 is 18.8 Å². The molecule has 1 heterocycles. The monoisotopic (exact) mass is 224 g/mol. The van der Waals surface area contributed by atoms with E-state index in [0.29, 0.717) is 5.56 Å². The number of methoxy groups -OCH3 is 1. The molecule has 0 radical (unpaired) electrons. The highest BCUT2D eigenvalue weighted by Crippen LogP contribution is 2.38. The smallest absolute Gasteiger partial charge is 0.230 e. The van der Waals surface area contributed by atoms with Crippen molar-refractivity contribution in [2.45, 2.75) is 0 Å². The molecule has 5 nitrogen and oxygen atoms in total. The Morgan fingerprint density at radius 1 is 1.44 bits per heavy atom. The molecule has 0 fully saturated rings. The lowest BCUT2D eigenvalue weighted by Crippen LogP contribution is -1.91. The minimum Gasteiger partial charge on any atom is -0.504 e. The molecule has 0 amide bonds. The summed E-state index contributed by atoms with van der Waals surface area (Å²) in [6, 6.07) is 2.86. The number of nitrogens with two attached hydrogens (primary N) is 1. The van der Waals surface area contributed by atoms with E-state index in [-0.39, 0.29) is 17.2 Å². The number of phenols is 1. The number of nitrogens with zero attached hydrogens (tertiary/aromatic N) is 1. The Morgan fingerprint density at radius 2 is 2.19 bits per heavy atom. The maximum atomic E-state index is 13.5. The van der Waals surface area contributed by atoms with E-state index in [9.17, 15) is 9.50 Å². The molecule has 0 unspecified atom stereocenters. The largest absolute Gasteiger partial charge is 0.504 e. The van der Waals surface area contributed by atoms with Gasteiger partial charge in [0.25, 0.3) is 0 Å². The quantitative estimate of drug-likeness (QED) is 0.812. The van der Waals surface area contributed by atoms with Crippen molar-refractivity contribution in [1.82, 2.24) is 5.16 Å². The van der Waals surface area contributed by atoms with Crippen molar-refractivity contribution in [2.24, 2.45) is 0 Å². The van der Waals surface area contributed by atoms with Crippen LogP contribution in [-0.2, 0) is 0 Å². The minimum absolute atomic E-state index is 0.0138. The molecule has 6 heteroatoms. The predicted molar refractivity (Wildman–Crippen MR) is 54.5 cm³/mol. The molecule has 0 bridgehead atoms. The maximum absolute atomic E-state index is 13.5. The first-order chi connectivity index (χ1) is 7.65. The molecule has 0 aliphatic carbocycles. The average molecular weight is 224 g/mol. The van der Waals surface area contributed by atoms with Gasteiger partial charge in [-0.2, -0.15) is 4.39 Å². The molecule has 0 saturated heterocycles. The van der Waals surface area contributed by atoms with Gasteiger partial charge in [0.05, 0.1) is 18.9 Å². The van der Waals surface area contributed by atoms with Crippen molar-refractivity contribution in [3.63, 3.8) is 0 Å². The van der Waals surface area contributed by atoms with Gasteiger partial charge in [0, 0.05) is 5.56 Å². The van der Waals surface area contributed by atoms with Crippen LogP contribution in [-0.4, -0.2) is 17.4 Å². The number of nitrogen functional groups attached to an aromatic ring is 1. The molecule has 1 aromatic heterocycles. The van der Waals surface area contributed by atoms with Gasteiger partial charge in [-0.05, 0) is 12.1 Å². The second-order valence-corrected chi connectivity index (χ2v) is 3.08. The van der Waals surface area contributed by atoms with Gasteiger partial charge in [0.1, 0.15) is 0 Å². The zero-order valence-electron chi connectivity index (χ0n) is 8.40. The minimum atomic E-state index is -0.847. The summed E-state index contributed by atoms with van der Waals surface area (Å²) in [4.78, 5) is 0. The van der Waals surface area contributed by atoms with Crippen LogP contribution in [0, 0.1) is 5.82 Å². The molecule has 3 N–H and O–H groups in total. The van der Waals surface area contributed by atoms with Crippen molar-refractivity contribution in [3.05, 3.63) is 24.1 Å². The number of halogens is 1. The van der Waals surface area contributed by atoms with E-state index in [2.05, 4.69) is 9.68 Å². The summed E-state index contributed by atoms with van der Waals surface area (Å²) in [6.07, 6.45) is 1.30. The molecular formula is C10H9FN2O3. The highest BCUT2D eigenvalue weighted by molar-refractivity contribution is 5.77. The van der Waals surface area contributed by atoms with Crippen molar-refractivity contribution in [1.29, 1.82) is 0 Å². The normalized spacial score (nSPS) is 10.4. The number of benzene rings is 1. The van der Waals surface area contributed by atoms with Gasteiger partial charge in [-0.3, -0.25) is 0 Å². The fourth-order valence-corrected chi connectivity index (χ4v) is 1.37. The molecule has 0 aliphatic rings. The SMILES string of the molecule is COc1ccc(-c2cnoc2N)c(O)c1F. The van der Waals surface area contributed by atoms with Crippen LogP contribution in [0.2, 0.25) is 0 Å². The lowest BCUT2D eigenvalue weighted by Gasteiger charge is -2.07. The van der Waals surface area contributed by atoms with Crippen molar-refractivity contribution in [3.8, 4) is 22.6 Å². The first-order valence-corrected chi connectivity index (χ1v) is 4.41. The predicted octanol–water partition coefficient (Wildman–Crippen LogP) is 1.78. The summed E-state index contributed by atoms with van der Waals surface area (Å²) in [6.45, 7) is 0. The van der Waals surface area contributed by atoms with Crippen molar-refractivity contribution in [2.75, 3.05) is 12.8 Å². The summed E-state index contributed by atoms with van der Waals surface area (Å²) in [5.41, 5.74) is 6.01. The Balaban J connectivity index is 2.60. The third kappa shape index (κ3) is 1.44. The Labute approximate surface area is 90.2 Å². The lowest BCUT2D eigenvalue weighted by molar-refractivity contribution is 0.365. The van der Waals surface area contributed by atoms with Crippen molar-refractivity contribution >= 4 is 5.88 Å². The van der Waals surface area contributed by atoms with Gasteiger partial charge >= 0.3 is 0 Å². The van der Waals surface area contributed by atoms with Crippen LogP contribution in [0.3, 0.4) is 0 Å². The fraction of sp³-hybridized carbons (Fsp3) is 0.100. The number of phenolic OH excluding ortho intramolecular Hbond substituents is 1. The number of aromatic nitrogens is 1. The van der Waals surface area contributed by atoms with Gasteiger partial charge in [0.2, 0.25) is 11.7 Å². The first-order valence-electron chi connectivity index (χ1n) is 4.41. The summed E-state index contributed by atoms with van der Waals surface area (Å²) < 4.78 is 22.9. The van der Waals surface area contributed by atoms with Gasteiger partial charge in [0.15, 0.2) is 11.5 Å². The molecule has 1 aromatic carbocycles. The molecule has 2 aromatic rings. The summed E-state index contributed by atoms with van der Waals surface area (Å²) in [5, 5.41) is 13.1. The molecule has 2 rings (SSSR count). The van der Waals surface area contributed by atoms with E-state index in [1.165, 1.54) is 25.4 Å². The van der Waals surface area contributed by atoms with Crippen LogP contribution >= 0.6 is 0 Å². The molecule has 0 saturated carbocycles. The van der Waals surface area contributed by atoms with E-state index in [0.717, 1.165) is 0 Å². The highest BCUT2D eigenvalue weighted by Gasteiger charge is 2.17. The number of ether oxygens (including phenoxy) is 1. The van der Waals surface area contributed by atoms with Gasteiger partial charge in [-0.1, -0.05) is 5.16 Å². The summed E-state index contributed by atoms with van der Waals surface area (Å²) >= 11 is 0. The van der Waals surface area contributed by atoms with Crippen LogP contribution in [0.15, 0.2) is 22.9 Å². The fourth-order valence-electron chi connectivity index (χ4n) is 1.37. The highest BCUT2D eigenvalue weighted by atomic mass is 19.1. The molecule has 0 atom stereocenters. The zero-order chi connectivity index (χ0) is 11.7. The first kappa shape index (κ1) is 10.3. The van der Waals surface area contributed by atoms with Gasteiger partial charge in [-0.25, -0.2) is 0 Å². The molecule has 0 aliphatic heterocycles. The number of aromatic hydroxyl groups is 1. The van der Waals surface area contributed by atoms with Crippen LogP contribution in [0.1, 0.15) is 0 Å². The molecule has 84 valence electrons. The number of rotatable bonds is 2. The summed E-state index contributed by atoms with van der Waals surface area (Å²) in [5.74, 6) is -1.43.